The molecule has 0 bridgehead atoms. The van der Waals surface area contributed by atoms with E-state index in [0.29, 0.717) is 16.4 Å². The first-order valence-electron chi connectivity index (χ1n) is 8.83. The molecule has 1 aliphatic heterocycles. The topological polar surface area (TPSA) is 87.7 Å². The maximum atomic E-state index is 13.0. The first-order valence-corrected chi connectivity index (χ1v) is 10.7. The third-order valence-electron chi connectivity index (χ3n) is 4.44. The van der Waals surface area contributed by atoms with Gasteiger partial charge in [0.2, 0.25) is 5.91 Å². The van der Waals surface area contributed by atoms with Gasteiger partial charge in [0, 0.05) is 31.1 Å². The summed E-state index contributed by atoms with van der Waals surface area (Å²) in [6, 6.07) is 9.46. The van der Waals surface area contributed by atoms with Crippen LogP contribution >= 0.6 is 11.6 Å². The fourth-order valence-corrected chi connectivity index (χ4v) is 4.41. The molecule has 0 radical (unpaired) electrons. The number of halogens is 1. The Morgan fingerprint density at radius 2 is 1.82 bits per heavy atom. The fraction of sp³-hybridized carbons (Fsp3) is 0.316. The molecule has 0 saturated carbocycles. The molecular weight excluding hydrogens is 402 g/mol. The number of methoxy groups -OCH3 is 1. The molecule has 3 rings (SSSR count). The number of nitrogens with zero attached hydrogens (tertiary/aromatic N) is 1. The van der Waals surface area contributed by atoms with Crippen molar-refractivity contribution in [3.05, 3.63) is 41.4 Å². The Morgan fingerprint density at radius 3 is 2.46 bits per heavy atom. The highest BCUT2D eigenvalue weighted by atomic mass is 35.5. The van der Waals surface area contributed by atoms with Gasteiger partial charge in [0.05, 0.1) is 29.1 Å². The molecule has 150 valence electrons. The molecule has 0 atom stereocenters. The number of nitrogens with one attached hydrogen (secondary N) is 2. The number of hydrogen-bond donors (Lipinski definition) is 2. The Labute approximate surface area is 169 Å². The quantitative estimate of drug-likeness (QED) is 0.739. The second-order valence-corrected chi connectivity index (χ2v) is 8.62. The van der Waals surface area contributed by atoms with E-state index in [9.17, 15) is 13.2 Å². The van der Waals surface area contributed by atoms with Gasteiger partial charge < -0.3 is 15.0 Å². The Balaban J connectivity index is 1.94. The van der Waals surface area contributed by atoms with Gasteiger partial charge in [-0.2, -0.15) is 0 Å². The van der Waals surface area contributed by atoms with Crippen LogP contribution in [0.15, 0.2) is 41.3 Å². The van der Waals surface area contributed by atoms with E-state index in [0.717, 1.165) is 31.6 Å². The summed E-state index contributed by atoms with van der Waals surface area (Å²) in [6.07, 6.45) is 2.13. The molecule has 0 aromatic heterocycles. The molecule has 1 aliphatic rings. The molecule has 2 aromatic carbocycles. The van der Waals surface area contributed by atoms with Gasteiger partial charge in [-0.05, 0) is 43.2 Å². The van der Waals surface area contributed by atoms with Gasteiger partial charge in [-0.3, -0.25) is 9.52 Å². The van der Waals surface area contributed by atoms with E-state index < -0.39 is 10.0 Å². The van der Waals surface area contributed by atoms with Crippen molar-refractivity contribution in [3.8, 4) is 5.75 Å². The van der Waals surface area contributed by atoms with Crippen molar-refractivity contribution in [1.29, 1.82) is 0 Å². The summed E-state index contributed by atoms with van der Waals surface area (Å²) in [5, 5.41) is 3.05. The molecule has 9 heteroatoms. The molecule has 0 spiro atoms. The summed E-state index contributed by atoms with van der Waals surface area (Å²) in [7, 11) is -2.48. The minimum Gasteiger partial charge on any atom is -0.495 e. The van der Waals surface area contributed by atoms with Gasteiger partial charge in [-0.25, -0.2) is 8.42 Å². The zero-order valence-corrected chi connectivity index (χ0v) is 17.2. The lowest BCUT2D eigenvalue weighted by Gasteiger charge is -2.22. The smallest absolute Gasteiger partial charge is 0.262 e. The van der Waals surface area contributed by atoms with E-state index >= 15 is 0 Å². The molecule has 1 heterocycles. The normalized spacial score (nSPS) is 14.0. The molecule has 1 amide bonds. The van der Waals surface area contributed by atoms with Crippen LogP contribution in [-0.4, -0.2) is 34.5 Å². The molecule has 2 N–H and O–H groups in total. The lowest BCUT2D eigenvalue weighted by molar-refractivity contribution is -0.114. The third kappa shape index (κ3) is 4.51. The van der Waals surface area contributed by atoms with Crippen molar-refractivity contribution >= 4 is 44.6 Å². The number of rotatable bonds is 6. The number of anilines is 3. The second kappa shape index (κ2) is 8.28. The van der Waals surface area contributed by atoms with Crippen LogP contribution in [0.5, 0.6) is 5.75 Å². The number of sulfonamides is 1. The molecule has 0 unspecified atom stereocenters. The van der Waals surface area contributed by atoms with E-state index in [1.54, 1.807) is 12.1 Å². The lowest BCUT2D eigenvalue weighted by Crippen LogP contribution is -2.21. The predicted octanol–water partition coefficient (Wildman–Crippen LogP) is 3.71. The highest BCUT2D eigenvalue weighted by Gasteiger charge is 2.22. The van der Waals surface area contributed by atoms with Crippen LogP contribution in [0, 0.1) is 0 Å². The van der Waals surface area contributed by atoms with E-state index in [1.807, 2.05) is 6.07 Å². The van der Waals surface area contributed by atoms with E-state index in [2.05, 4.69) is 14.9 Å². The summed E-state index contributed by atoms with van der Waals surface area (Å²) >= 11 is 6.10. The van der Waals surface area contributed by atoms with E-state index in [-0.39, 0.29) is 16.6 Å². The summed E-state index contributed by atoms with van der Waals surface area (Å²) in [5.74, 6) is -0.0230. The van der Waals surface area contributed by atoms with Gasteiger partial charge in [-0.15, -0.1) is 0 Å². The fourth-order valence-electron chi connectivity index (χ4n) is 3.16. The van der Waals surface area contributed by atoms with Gasteiger partial charge in [0.15, 0.2) is 0 Å². The lowest BCUT2D eigenvalue weighted by atomic mass is 10.2. The second-order valence-electron chi connectivity index (χ2n) is 6.50. The maximum absolute atomic E-state index is 13.0. The van der Waals surface area contributed by atoms with Crippen LogP contribution in [0.4, 0.5) is 17.1 Å². The van der Waals surface area contributed by atoms with E-state index in [4.69, 9.17) is 16.3 Å². The molecule has 1 fully saturated rings. The number of benzene rings is 2. The Morgan fingerprint density at radius 1 is 1.11 bits per heavy atom. The van der Waals surface area contributed by atoms with Crippen molar-refractivity contribution in [2.45, 2.75) is 24.7 Å². The molecular formula is C19H22ClN3O4S. The highest BCUT2D eigenvalue weighted by molar-refractivity contribution is 7.92. The van der Waals surface area contributed by atoms with Crippen LogP contribution < -0.4 is 19.7 Å². The highest BCUT2D eigenvalue weighted by Crippen LogP contribution is 2.34. The van der Waals surface area contributed by atoms with Crippen molar-refractivity contribution in [1.82, 2.24) is 0 Å². The van der Waals surface area contributed by atoms with Gasteiger partial charge in [-0.1, -0.05) is 11.6 Å². The number of hydrogen-bond acceptors (Lipinski definition) is 5. The first-order chi connectivity index (χ1) is 13.3. The van der Waals surface area contributed by atoms with Crippen LogP contribution in [0.25, 0.3) is 0 Å². The minimum atomic E-state index is -3.89. The summed E-state index contributed by atoms with van der Waals surface area (Å²) < 4.78 is 33.8. The Kier molecular flexibility index (Phi) is 6.00. The molecule has 28 heavy (non-hydrogen) atoms. The van der Waals surface area contributed by atoms with Crippen molar-refractivity contribution in [2.24, 2.45) is 0 Å². The Hall–Kier alpha value is -2.45. The van der Waals surface area contributed by atoms with E-state index in [1.165, 1.54) is 32.2 Å². The van der Waals surface area contributed by atoms with Crippen molar-refractivity contribution in [3.63, 3.8) is 0 Å². The predicted molar refractivity (Wildman–Crippen MR) is 111 cm³/mol. The Bertz CT molecular complexity index is 989. The van der Waals surface area contributed by atoms with Crippen LogP contribution in [0.1, 0.15) is 19.8 Å². The van der Waals surface area contributed by atoms with Gasteiger partial charge >= 0.3 is 0 Å². The standard InChI is InChI=1S/C19H22ClN3O4S/c1-13(24)21-16-7-6-15(12-19(16)27-2)28(25,26)22-17-11-14(20)5-8-18(17)23-9-3-4-10-23/h5-8,11-12,22H,3-4,9-10H2,1-2H3,(H,21,24). The molecule has 1 saturated heterocycles. The van der Waals surface area contributed by atoms with Crippen LogP contribution in [0.3, 0.4) is 0 Å². The number of carbonyl (C=O) groups is 1. The number of amides is 1. The third-order valence-corrected chi connectivity index (χ3v) is 6.04. The zero-order valence-electron chi connectivity index (χ0n) is 15.7. The number of carbonyl (C=O) groups excluding carboxylic acids is 1. The maximum Gasteiger partial charge on any atom is 0.262 e. The first kappa shape index (κ1) is 20.3. The molecule has 0 aliphatic carbocycles. The summed E-state index contributed by atoms with van der Waals surface area (Å²) in [5.41, 5.74) is 1.63. The van der Waals surface area contributed by atoms with Gasteiger partial charge in [0.1, 0.15) is 5.75 Å². The minimum absolute atomic E-state index is 0.0193. The average molecular weight is 424 g/mol. The monoisotopic (exact) mass is 423 g/mol. The average Bonchev–Trinajstić information content (AvgIpc) is 3.15. The van der Waals surface area contributed by atoms with Crippen molar-refractivity contribution in [2.75, 3.05) is 35.1 Å². The van der Waals surface area contributed by atoms with Crippen LogP contribution in [0.2, 0.25) is 5.02 Å². The van der Waals surface area contributed by atoms with Crippen LogP contribution in [-0.2, 0) is 14.8 Å². The van der Waals surface area contributed by atoms with Gasteiger partial charge in [0.25, 0.3) is 10.0 Å². The number of ether oxygens (including phenoxy) is 1. The largest absolute Gasteiger partial charge is 0.495 e. The molecule has 2 aromatic rings. The zero-order chi connectivity index (χ0) is 20.3. The summed E-state index contributed by atoms with van der Waals surface area (Å²) in [4.78, 5) is 13.4. The van der Waals surface area contributed by atoms with Crippen molar-refractivity contribution < 1.29 is 17.9 Å². The SMILES string of the molecule is COc1cc(S(=O)(=O)Nc2cc(Cl)ccc2N2CCCC2)ccc1NC(C)=O. The molecule has 7 nitrogen and oxygen atoms in total. The summed E-state index contributed by atoms with van der Waals surface area (Å²) in [6.45, 7) is 3.11.